The van der Waals surface area contributed by atoms with Crippen molar-refractivity contribution in [2.24, 2.45) is 0 Å². The summed E-state index contributed by atoms with van der Waals surface area (Å²) >= 11 is 0. The van der Waals surface area contributed by atoms with Crippen LogP contribution in [0.5, 0.6) is 11.5 Å². The molecule has 0 heterocycles. The molecule has 0 aromatic heterocycles. The molecule has 0 fully saturated rings. The Morgan fingerprint density at radius 2 is 1.79 bits per heavy atom. The van der Waals surface area contributed by atoms with Crippen LogP contribution in [0.15, 0.2) is 61.5 Å². The summed E-state index contributed by atoms with van der Waals surface area (Å²) < 4.78 is 23.0. The van der Waals surface area contributed by atoms with Gasteiger partial charge in [0.25, 0.3) is 0 Å². The van der Waals surface area contributed by atoms with Crippen molar-refractivity contribution in [2.75, 3.05) is 14.2 Å². The quantitative estimate of drug-likeness (QED) is 0.709. The summed E-state index contributed by atoms with van der Waals surface area (Å²) in [6, 6.07) is 5.37. The van der Waals surface area contributed by atoms with Crippen LogP contribution in [0.2, 0.25) is 0 Å². The molecule has 0 aliphatic carbocycles. The van der Waals surface area contributed by atoms with Crippen LogP contribution in [-0.2, 0) is 0 Å². The fourth-order valence-electron chi connectivity index (χ4n) is 1.51. The van der Waals surface area contributed by atoms with E-state index in [1.165, 1.54) is 12.2 Å². The molecule has 0 aliphatic rings. The van der Waals surface area contributed by atoms with Gasteiger partial charge in [0.05, 0.1) is 14.2 Å². The maximum atomic E-state index is 12.6. The minimum Gasteiger partial charge on any atom is -0.497 e. The van der Waals surface area contributed by atoms with E-state index < -0.39 is 5.83 Å². The molecule has 0 spiro atoms. The molecule has 1 rings (SSSR count). The molecule has 2 nitrogen and oxygen atoms in total. The summed E-state index contributed by atoms with van der Waals surface area (Å²) in [5, 5.41) is 0. The lowest BCUT2D eigenvalue weighted by atomic mass is 9.99. The van der Waals surface area contributed by atoms with Gasteiger partial charge in [0.15, 0.2) is 0 Å². The Bertz CT molecular complexity index is 542. The van der Waals surface area contributed by atoms with Gasteiger partial charge in [-0.25, -0.2) is 4.39 Å². The van der Waals surface area contributed by atoms with Gasteiger partial charge in [-0.15, -0.1) is 0 Å². The molecule has 0 radical (unpaired) electrons. The zero-order valence-corrected chi connectivity index (χ0v) is 11.2. The first-order valence-corrected chi connectivity index (χ1v) is 5.62. The molecule has 100 valence electrons. The van der Waals surface area contributed by atoms with E-state index in [1.807, 2.05) is 0 Å². The lowest BCUT2D eigenvalue weighted by molar-refractivity contribution is 0.402. The minimum atomic E-state index is -0.536. The maximum absolute atomic E-state index is 12.6. The molecule has 0 saturated heterocycles. The van der Waals surface area contributed by atoms with Crippen molar-refractivity contribution in [1.29, 1.82) is 0 Å². The minimum absolute atomic E-state index is 0.536. The fraction of sp³-hybridized carbons (Fsp3) is 0.125. The molecule has 1 aromatic carbocycles. The van der Waals surface area contributed by atoms with E-state index in [9.17, 15) is 4.39 Å². The number of ether oxygens (including phenoxy) is 2. The van der Waals surface area contributed by atoms with Crippen LogP contribution in [0.1, 0.15) is 5.56 Å². The highest BCUT2D eigenvalue weighted by Crippen LogP contribution is 2.32. The van der Waals surface area contributed by atoms with E-state index in [2.05, 4.69) is 19.7 Å². The molecule has 0 unspecified atom stereocenters. The lowest BCUT2D eigenvalue weighted by Gasteiger charge is -2.12. The molecular weight excluding hydrogens is 243 g/mol. The topological polar surface area (TPSA) is 18.5 Å². The number of rotatable bonds is 6. The normalized spacial score (nSPS) is 10.3. The van der Waals surface area contributed by atoms with Gasteiger partial charge < -0.3 is 9.47 Å². The number of methoxy groups -OCH3 is 2. The van der Waals surface area contributed by atoms with E-state index in [-0.39, 0.29) is 0 Å². The standard InChI is InChI=1S/C16H17FO2/c1-11(6-7-12(2)17)13(3)15-10-14(18-4)8-9-16(15)19-5/h6-10H,1-3H2,4-5H3/b7-6-. The molecule has 0 amide bonds. The predicted octanol–water partition coefficient (Wildman–Crippen LogP) is 4.31. The molecule has 0 N–H and O–H groups in total. The Kier molecular flexibility index (Phi) is 5.12. The monoisotopic (exact) mass is 260 g/mol. The summed E-state index contributed by atoms with van der Waals surface area (Å²) in [4.78, 5) is 0. The van der Waals surface area contributed by atoms with E-state index in [0.29, 0.717) is 22.6 Å². The second kappa shape index (κ2) is 6.59. The van der Waals surface area contributed by atoms with Crippen LogP contribution in [0.3, 0.4) is 0 Å². The maximum Gasteiger partial charge on any atom is 0.126 e. The summed E-state index contributed by atoms with van der Waals surface area (Å²) in [7, 11) is 3.15. The van der Waals surface area contributed by atoms with Crippen molar-refractivity contribution in [1.82, 2.24) is 0 Å². The highest BCUT2D eigenvalue weighted by molar-refractivity contribution is 5.83. The van der Waals surface area contributed by atoms with E-state index >= 15 is 0 Å². The van der Waals surface area contributed by atoms with Gasteiger partial charge in [-0.3, -0.25) is 0 Å². The number of hydrogen-bond donors (Lipinski definition) is 0. The third-order valence-electron chi connectivity index (χ3n) is 2.58. The van der Waals surface area contributed by atoms with Crippen LogP contribution < -0.4 is 9.47 Å². The van der Waals surface area contributed by atoms with Crippen molar-refractivity contribution in [3.8, 4) is 11.5 Å². The van der Waals surface area contributed by atoms with Crippen molar-refractivity contribution in [2.45, 2.75) is 0 Å². The van der Waals surface area contributed by atoms with E-state index in [4.69, 9.17) is 9.47 Å². The number of hydrogen-bond acceptors (Lipinski definition) is 2. The predicted molar refractivity (Wildman–Crippen MR) is 77.1 cm³/mol. The average Bonchev–Trinajstić information content (AvgIpc) is 2.42. The van der Waals surface area contributed by atoms with Crippen LogP contribution >= 0.6 is 0 Å². The van der Waals surface area contributed by atoms with Crippen molar-refractivity contribution < 1.29 is 13.9 Å². The molecule has 0 aliphatic heterocycles. The lowest BCUT2D eigenvalue weighted by Crippen LogP contribution is -1.94. The first-order valence-electron chi connectivity index (χ1n) is 5.62. The number of allylic oxidation sites excluding steroid dienone is 5. The Morgan fingerprint density at radius 1 is 1.11 bits per heavy atom. The molecule has 0 bridgehead atoms. The summed E-state index contributed by atoms with van der Waals surface area (Å²) in [6.45, 7) is 10.9. The summed E-state index contributed by atoms with van der Waals surface area (Å²) in [5.41, 5.74) is 1.96. The number of benzene rings is 1. The van der Waals surface area contributed by atoms with Crippen LogP contribution in [0, 0.1) is 0 Å². The smallest absolute Gasteiger partial charge is 0.126 e. The Hall–Kier alpha value is -2.29. The third kappa shape index (κ3) is 3.85. The van der Waals surface area contributed by atoms with Gasteiger partial charge in [0.1, 0.15) is 17.3 Å². The van der Waals surface area contributed by atoms with E-state index in [0.717, 1.165) is 5.56 Å². The molecule has 3 heteroatoms. The first kappa shape index (κ1) is 14.8. The van der Waals surface area contributed by atoms with Gasteiger partial charge in [-0.05, 0) is 35.4 Å². The molecular formula is C16H17FO2. The number of halogens is 1. The first-order chi connectivity index (χ1) is 8.99. The zero-order valence-electron chi connectivity index (χ0n) is 11.2. The van der Waals surface area contributed by atoms with Crippen LogP contribution in [0.4, 0.5) is 4.39 Å². The van der Waals surface area contributed by atoms with Crippen LogP contribution in [-0.4, -0.2) is 14.2 Å². The second-order valence-electron chi connectivity index (χ2n) is 3.85. The molecule has 0 saturated carbocycles. The van der Waals surface area contributed by atoms with Gasteiger partial charge in [0, 0.05) is 5.56 Å². The molecule has 0 atom stereocenters. The Morgan fingerprint density at radius 3 is 2.32 bits per heavy atom. The van der Waals surface area contributed by atoms with Crippen molar-refractivity contribution in [3.05, 3.63) is 67.1 Å². The highest BCUT2D eigenvalue weighted by atomic mass is 19.1. The van der Waals surface area contributed by atoms with Crippen LogP contribution in [0.25, 0.3) is 5.57 Å². The molecule has 19 heavy (non-hydrogen) atoms. The fourth-order valence-corrected chi connectivity index (χ4v) is 1.51. The van der Waals surface area contributed by atoms with Gasteiger partial charge >= 0.3 is 0 Å². The SMILES string of the molecule is C=C(F)/C=C\C(=C)C(=C)c1cc(OC)ccc1OC. The average molecular weight is 260 g/mol. The second-order valence-corrected chi connectivity index (χ2v) is 3.85. The Labute approximate surface area is 113 Å². The van der Waals surface area contributed by atoms with Gasteiger partial charge in [-0.1, -0.05) is 25.8 Å². The summed E-state index contributed by atoms with van der Waals surface area (Å²) in [5.74, 6) is 0.801. The largest absolute Gasteiger partial charge is 0.497 e. The van der Waals surface area contributed by atoms with Gasteiger partial charge in [0.2, 0.25) is 0 Å². The highest BCUT2D eigenvalue weighted by Gasteiger charge is 2.09. The third-order valence-corrected chi connectivity index (χ3v) is 2.58. The van der Waals surface area contributed by atoms with E-state index in [1.54, 1.807) is 32.4 Å². The molecule has 1 aromatic rings. The summed E-state index contributed by atoms with van der Waals surface area (Å²) in [6.07, 6.45) is 2.75. The van der Waals surface area contributed by atoms with Crippen molar-refractivity contribution in [3.63, 3.8) is 0 Å². The zero-order chi connectivity index (χ0) is 14.4. The Balaban J connectivity index is 3.10. The van der Waals surface area contributed by atoms with Crippen molar-refractivity contribution >= 4 is 5.57 Å². The van der Waals surface area contributed by atoms with Gasteiger partial charge in [-0.2, -0.15) is 0 Å².